The molecule has 0 unspecified atom stereocenters. The molecule has 0 heterocycles. The van der Waals surface area contributed by atoms with Crippen LogP contribution in [0.2, 0.25) is 0 Å². The molecule has 2 aromatic rings. The maximum Gasteiger partial charge on any atom is 0.276 e. The van der Waals surface area contributed by atoms with Gasteiger partial charge in [0.2, 0.25) is 0 Å². The number of carbonyl (C=O) groups is 2. The normalized spacial score (nSPS) is 10.2. The van der Waals surface area contributed by atoms with Crippen LogP contribution in [-0.2, 0) is 16.0 Å². The smallest absolute Gasteiger partial charge is 0.276 e. The zero-order valence-electron chi connectivity index (χ0n) is 17.9. The molecule has 0 aliphatic heterocycles. The Hall–Kier alpha value is -2.69. The van der Waals surface area contributed by atoms with Crippen molar-refractivity contribution < 1.29 is 23.8 Å². The Morgan fingerprint density at radius 1 is 1.03 bits per heavy atom. The van der Waals surface area contributed by atoms with Gasteiger partial charge in [0.05, 0.1) is 11.1 Å². The molecule has 2 amide bonds. The zero-order chi connectivity index (χ0) is 23.3. The molecule has 0 saturated heterocycles. The molecule has 0 bridgehead atoms. The summed E-state index contributed by atoms with van der Waals surface area (Å²) in [7, 11) is 0. The monoisotopic (exact) mass is 523 g/mol. The molecule has 0 aliphatic rings. The van der Waals surface area contributed by atoms with Gasteiger partial charge >= 0.3 is 0 Å². The Bertz CT molecular complexity index is 942. The van der Waals surface area contributed by atoms with E-state index in [1.165, 1.54) is 0 Å². The third-order valence-corrected chi connectivity index (χ3v) is 4.93. The van der Waals surface area contributed by atoms with Gasteiger partial charge in [0.25, 0.3) is 11.8 Å². The maximum atomic E-state index is 12.4. The zero-order valence-corrected chi connectivity index (χ0v) is 20.3. The summed E-state index contributed by atoms with van der Waals surface area (Å²) in [5.41, 5.74) is 6.37. The molecule has 32 heavy (non-hydrogen) atoms. The first-order valence-electron chi connectivity index (χ1n) is 10.0. The third kappa shape index (κ3) is 8.81. The molecule has 8 nitrogen and oxygen atoms in total. The Kier molecular flexibility index (Phi) is 10.9. The number of ether oxygens (including phenoxy) is 3. The first-order chi connectivity index (χ1) is 15.4. The van der Waals surface area contributed by atoms with Gasteiger partial charge in [0, 0.05) is 12.2 Å². The Morgan fingerprint density at radius 3 is 2.56 bits per heavy atom. The second-order valence-electron chi connectivity index (χ2n) is 6.44. The van der Waals surface area contributed by atoms with Gasteiger partial charge in [0.1, 0.15) is 18.1 Å². The van der Waals surface area contributed by atoms with Crippen molar-refractivity contribution in [2.24, 2.45) is 0 Å². The summed E-state index contributed by atoms with van der Waals surface area (Å²) in [5, 5.41) is 2.43. The van der Waals surface area contributed by atoms with Crippen LogP contribution in [0.4, 0.5) is 0 Å². The van der Waals surface area contributed by atoms with E-state index < -0.39 is 11.8 Å². The standard InChI is InChI=1S/C22H26BrN3O5S/c1-3-15-8-9-19(18(23)12-15)31-14-20(27)25-26-22(32)24-21(28)16-6-5-7-17(13-16)30-11-10-29-4-2/h5-9,12-13H,3-4,10-11,14H2,1-2H3,(H,25,27)(H2,24,26,28,32). The van der Waals surface area contributed by atoms with E-state index >= 15 is 0 Å². The number of halogens is 1. The highest BCUT2D eigenvalue weighted by Gasteiger charge is 2.11. The first kappa shape index (κ1) is 25.6. The van der Waals surface area contributed by atoms with Gasteiger partial charge in [-0.2, -0.15) is 0 Å². The van der Waals surface area contributed by atoms with Crippen LogP contribution in [-0.4, -0.2) is 43.4 Å². The minimum absolute atomic E-state index is 0.0560. The van der Waals surface area contributed by atoms with Crippen LogP contribution in [0.15, 0.2) is 46.9 Å². The summed E-state index contributed by atoms with van der Waals surface area (Å²) >= 11 is 8.47. The number of rotatable bonds is 10. The van der Waals surface area contributed by atoms with E-state index in [4.69, 9.17) is 26.4 Å². The largest absolute Gasteiger partial charge is 0.491 e. The second-order valence-corrected chi connectivity index (χ2v) is 7.70. The van der Waals surface area contributed by atoms with E-state index in [0.29, 0.717) is 36.9 Å². The number of hydrazine groups is 1. The van der Waals surface area contributed by atoms with E-state index in [2.05, 4.69) is 39.0 Å². The highest BCUT2D eigenvalue weighted by Crippen LogP contribution is 2.26. The minimum Gasteiger partial charge on any atom is -0.491 e. The quantitative estimate of drug-likeness (QED) is 0.250. The van der Waals surface area contributed by atoms with E-state index in [1.807, 2.05) is 19.1 Å². The molecule has 10 heteroatoms. The number of amides is 2. The molecular weight excluding hydrogens is 498 g/mol. The lowest BCUT2D eigenvalue weighted by Crippen LogP contribution is -2.49. The number of nitrogens with one attached hydrogen (secondary N) is 3. The highest BCUT2D eigenvalue weighted by atomic mass is 79.9. The fourth-order valence-electron chi connectivity index (χ4n) is 2.48. The maximum absolute atomic E-state index is 12.4. The summed E-state index contributed by atoms with van der Waals surface area (Å²) < 4.78 is 17.0. The van der Waals surface area contributed by atoms with E-state index in [0.717, 1.165) is 16.5 Å². The van der Waals surface area contributed by atoms with Gasteiger partial charge < -0.3 is 14.2 Å². The fraction of sp³-hybridized carbons (Fsp3) is 0.318. The lowest BCUT2D eigenvalue weighted by molar-refractivity contribution is -0.123. The van der Waals surface area contributed by atoms with Crippen molar-refractivity contribution in [3.63, 3.8) is 0 Å². The molecule has 0 atom stereocenters. The molecule has 0 aromatic heterocycles. The molecule has 172 valence electrons. The topological polar surface area (TPSA) is 97.9 Å². The van der Waals surface area contributed by atoms with Crippen molar-refractivity contribution in [3.05, 3.63) is 58.1 Å². The number of carbonyl (C=O) groups excluding carboxylic acids is 2. The average molecular weight is 524 g/mol. The Morgan fingerprint density at radius 2 is 1.84 bits per heavy atom. The van der Waals surface area contributed by atoms with E-state index in [-0.39, 0.29) is 11.7 Å². The van der Waals surface area contributed by atoms with Crippen LogP contribution in [0, 0.1) is 0 Å². The molecule has 0 saturated carbocycles. The molecule has 2 rings (SSSR count). The van der Waals surface area contributed by atoms with E-state index in [1.54, 1.807) is 30.3 Å². The molecule has 0 fully saturated rings. The van der Waals surface area contributed by atoms with Crippen LogP contribution in [0.3, 0.4) is 0 Å². The SMILES string of the molecule is CCOCCOc1cccc(C(=O)NC(=S)NNC(=O)COc2ccc(CC)cc2Br)c1. The summed E-state index contributed by atoms with van der Waals surface area (Å²) in [5.74, 6) is 0.192. The molecule has 2 aromatic carbocycles. The van der Waals surface area contributed by atoms with Crippen molar-refractivity contribution in [1.29, 1.82) is 0 Å². The van der Waals surface area contributed by atoms with Crippen molar-refractivity contribution in [1.82, 2.24) is 16.2 Å². The number of aryl methyl sites for hydroxylation is 1. The van der Waals surface area contributed by atoms with E-state index in [9.17, 15) is 9.59 Å². The lowest BCUT2D eigenvalue weighted by atomic mass is 10.2. The van der Waals surface area contributed by atoms with Gasteiger partial charge in [-0.3, -0.25) is 25.8 Å². The van der Waals surface area contributed by atoms with Crippen LogP contribution >= 0.6 is 28.1 Å². The second kappa shape index (κ2) is 13.7. The number of thiocarbonyl (C=S) groups is 1. The van der Waals surface area contributed by atoms with Crippen LogP contribution in [0.25, 0.3) is 0 Å². The van der Waals surface area contributed by atoms with Crippen LogP contribution in [0.1, 0.15) is 29.8 Å². The summed E-state index contributed by atoms with van der Waals surface area (Å²) in [6.07, 6.45) is 0.900. The van der Waals surface area contributed by atoms with Crippen molar-refractivity contribution >= 4 is 45.1 Å². The summed E-state index contributed by atoms with van der Waals surface area (Å²) in [6.45, 7) is 5.19. The number of hydrogen-bond acceptors (Lipinski definition) is 6. The summed E-state index contributed by atoms with van der Waals surface area (Å²) in [4.78, 5) is 24.4. The van der Waals surface area contributed by atoms with Gasteiger partial charge in [-0.25, -0.2) is 0 Å². The molecule has 3 N–H and O–H groups in total. The highest BCUT2D eigenvalue weighted by molar-refractivity contribution is 9.10. The summed E-state index contributed by atoms with van der Waals surface area (Å²) in [6, 6.07) is 12.3. The minimum atomic E-state index is -0.460. The molecule has 0 radical (unpaired) electrons. The predicted molar refractivity (Wildman–Crippen MR) is 129 cm³/mol. The van der Waals surface area contributed by atoms with Crippen molar-refractivity contribution in [2.75, 3.05) is 26.4 Å². The Labute approximate surface area is 201 Å². The van der Waals surface area contributed by atoms with Crippen molar-refractivity contribution in [3.8, 4) is 11.5 Å². The van der Waals surface area contributed by atoms with Crippen molar-refractivity contribution in [2.45, 2.75) is 20.3 Å². The van der Waals surface area contributed by atoms with Gasteiger partial charge in [-0.15, -0.1) is 0 Å². The van der Waals surface area contributed by atoms with Gasteiger partial charge in [-0.05, 0) is 77.4 Å². The van der Waals surface area contributed by atoms with Gasteiger partial charge in [-0.1, -0.05) is 19.1 Å². The Balaban J connectivity index is 1.75. The molecule has 0 spiro atoms. The first-order valence-corrected chi connectivity index (χ1v) is 11.2. The molecular formula is C22H26BrN3O5S. The van der Waals surface area contributed by atoms with Crippen LogP contribution < -0.4 is 25.6 Å². The third-order valence-electron chi connectivity index (χ3n) is 4.10. The van der Waals surface area contributed by atoms with Crippen LogP contribution in [0.5, 0.6) is 11.5 Å². The average Bonchev–Trinajstić information content (AvgIpc) is 2.79. The lowest BCUT2D eigenvalue weighted by Gasteiger charge is -2.13. The van der Waals surface area contributed by atoms with Gasteiger partial charge in [0.15, 0.2) is 11.7 Å². The molecule has 0 aliphatic carbocycles. The number of hydrogen-bond donors (Lipinski definition) is 3. The predicted octanol–water partition coefficient (Wildman–Crippen LogP) is 3.14. The fourth-order valence-corrected chi connectivity index (χ4v) is 3.17. The number of benzene rings is 2.